The Balaban J connectivity index is 2.22. The van der Waals surface area contributed by atoms with Crippen LogP contribution in [0.15, 0.2) is 4.99 Å². The molecule has 1 unspecified atom stereocenters. The highest BCUT2D eigenvalue weighted by Gasteiger charge is 2.27. The molecule has 2 heteroatoms. The van der Waals surface area contributed by atoms with Gasteiger partial charge in [0.25, 0.3) is 0 Å². The van der Waals surface area contributed by atoms with E-state index in [1.165, 1.54) is 12.8 Å². The molecule has 1 saturated carbocycles. The molecule has 0 aromatic carbocycles. The van der Waals surface area contributed by atoms with E-state index < -0.39 is 0 Å². The van der Waals surface area contributed by atoms with Crippen molar-refractivity contribution in [1.82, 2.24) is 5.32 Å². The number of hydrogen-bond acceptors (Lipinski definition) is 1. The lowest BCUT2D eigenvalue weighted by Crippen LogP contribution is -2.32. The first-order valence-electron chi connectivity index (χ1n) is 3.94. The molecule has 0 heterocycles. The number of nitrogens with one attached hydrogen (secondary N) is 1. The fraction of sp³-hybridized carbons (Fsp3) is 0.875. The Kier molecular flexibility index (Phi) is 2.30. The van der Waals surface area contributed by atoms with Gasteiger partial charge in [0.05, 0.1) is 5.84 Å². The summed E-state index contributed by atoms with van der Waals surface area (Å²) in [5.74, 6) is 1.97. The lowest BCUT2D eigenvalue weighted by Gasteiger charge is -2.12. The Hall–Kier alpha value is -0.530. The maximum Gasteiger partial charge on any atom is 0.0930 e. The van der Waals surface area contributed by atoms with Gasteiger partial charge in [-0.05, 0) is 32.6 Å². The molecule has 1 aliphatic carbocycles. The van der Waals surface area contributed by atoms with Crippen LogP contribution in [0.5, 0.6) is 0 Å². The summed E-state index contributed by atoms with van der Waals surface area (Å²) < 4.78 is 0. The van der Waals surface area contributed by atoms with Crippen molar-refractivity contribution in [3.8, 4) is 0 Å². The summed E-state index contributed by atoms with van der Waals surface area (Å²) in [6, 6.07) is 0.628. The summed E-state index contributed by atoms with van der Waals surface area (Å²) >= 11 is 0. The van der Waals surface area contributed by atoms with Gasteiger partial charge in [-0.15, -0.1) is 0 Å². The minimum Gasteiger partial charge on any atom is -0.371 e. The molecule has 10 heavy (non-hydrogen) atoms. The lowest BCUT2D eigenvalue weighted by atomic mass is 10.2. The zero-order valence-corrected chi connectivity index (χ0v) is 7.02. The first-order chi connectivity index (χ1) is 4.74. The highest BCUT2D eigenvalue weighted by molar-refractivity contribution is 5.79. The van der Waals surface area contributed by atoms with Crippen LogP contribution in [0.25, 0.3) is 0 Å². The van der Waals surface area contributed by atoms with Crippen molar-refractivity contribution in [1.29, 1.82) is 0 Å². The van der Waals surface area contributed by atoms with Crippen LogP contribution in [-0.2, 0) is 0 Å². The zero-order chi connectivity index (χ0) is 7.56. The van der Waals surface area contributed by atoms with E-state index in [-0.39, 0.29) is 0 Å². The lowest BCUT2D eigenvalue weighted by molar-refractivity contribution is 0.586. The zero-order valence-electron chi connectivity index (χ0n) is 7.02. The average Bonchev–Trinajstić information content (AvgIpc) is 2.68. The molecule has 0 aromatic heterocycles. The van der Waals surface area contributed by atoms with E-state index in [2.05, 4.69) is 17.2 Å². The Bertz CT molecular complexity index is 136. The molecule has 0 radical (unpaired) electrons. The Morgan fingerprint density at radius 2 is 2.20 bits per heavy atom. The van der Waals surface area contributed by atoms with Gasteiger partial charge in [-0.3, -0.25) is 4.99 Å². The Labute approximate surface area is 62.7 Å². The molecule has 58 valence electrons. The van der Waals surface area contributed by atoms with E-state index in [0.717, 1.165) is 11.8 Å². The number of rotatable bonds is 2. The molecule has 0 spiro atoms. The highest BCUT2D eigenvalue weighted by Crippen LogP contribution is 2.32. The van der Waals surface area contributed by atoms with Crippen LogP contribution in [0, 0.1) is 5.92 Å². The minimum atomic E-state index is 0.628. The summed E-state index contributed by atoms with van der Waals surface area (Å²) in [7, 11) is 1.82. The molecule has 0 amide bonds. The first kappa shape index (κ1) is 7.58. The SMILES string of the molecule is CN=C(C)NC(C)C1CC1. The number of amidine groups is 1. The van der Waals surface area contributed by atoms with Crippen LogP contribution in [0.4, 0.5) is 0 Å². The second kappa shape index (κ2) is 3.04. The largest absolute Gasteiger partial charge is 0.371 e. The smallest absolute Gasteiger partial charge is 0.0930 e. The topological polar surface area (TPSA) is 24.4 Å². The van der Waals surface area contributed by atoms with E-state index in [1.54, 1.807) is 0 Å². The third kappa shape index (κ3) is 2.01. The van der Waals surface area contributed by atoms with Gasteiger partial charge in [0.2, 0.25) is 0 Å². The maximum atomic E-state index is 4.04. The van der Waals surface area contributed by atoms with Crippen molar-refractivity contribution in [2.75, 3.05) is 7.05 Å². The van der Waals surface area contributed by atoms with Crippen LogP contribution in [0.3, 0.4) is 0 Å². The van der Waals surface area contributed by atoms with E-state index in [0.29, 0.717) is 6.04 Å². The van der Waals surface area contributed by atoms with Crippen LogP contribution in [0.2, 0.25) is 0 Å². The second-order valence-corrected chi connectivity index (χ2v) is 3.08. The van der Waals surface area contributed by atoms with Crippen molar-refractivity contribution in [2.24, 2.45) is 10.9 Å². The summed E-state index contributed by atoms with van der Waals surface area (Å²) in [6.45, 7) is 4.24. The highest BCUT2D eigenvalue weighted by atomic mass is 15.0. The number of nitrogens with zero attached hydrogens (tertiary/aromatic N) is 1. The van der Waals surface area contributed by atoms with Crippen LogP contribution < -0.4 is 5.32 Å². The van der Waals surface area contributed by atoms with Crippen molar-refractivity contribution in [3.05, 3.63) is 0 Å². The Morgan fingerprint density at radius 1 is 1.60 bits per heavy atom. The molecule has 0 aliphatic heterocycles. The van der Waals surface area contributed by atoms with Gasteiger partial charge in [0.15, 0.2) is 0 Å². The Morgan fingerprint density at radius 3 is 2.60 bits per heavy atom. The number of hydrogen-bond donors (Lipinski definition) is 1. The minimum absolute atomic E-state index is 0.628. The van der Waals surface area contributed by atoms with Crippen molar-refractivity contribution in [2.45, 2.75) is 32.7 Å². The van der Waals surface area contributed by atoms with E-state index in [1.807, 2.05) is 14.0 Å². The molecule has 0 bridgehead atoms. The maximum absolute atomic E-state index is 4.04. The predicted octanol–water partition coefficient (Wildman–Crippen LogP) is 1.42. The first-order valence-corrected chi connectivity index (χ1v) is 3.94. The molecule has 1 N–H and O–H groups in total. The second-order valence-electron chi connectivity index (χ2n) is 3.08. The van der Waals surface area contributed by atoms with Crippen LogP contribution >= 0.6 is 0 Å². The van der Waals surface area contributed by atoms with E-state index in [4.69, 9.17) is 0 Å². The van der Waals surface area contributed by atoms with Crippen molar-refractivity contribution >= 4 is 5.84 Å². The van der Waals surface area contributed by atoms with Gasteiger partial charge in [-0.1, -0.05) is 0 Å². The number of aliphatic imine (C=N–C) groups is 1. The average molecular weight is 140 g/mol. The molecular weight excluding hydrogens is 124 g/mol. The van der Waals surface area contributed by atoms with Crippen molar-refractivity contribution < 1.29 is 0 Å². The quantitative estimate of drug-likeness (QED) is 0.455. The predicted molar refractivity (Wildman–Crippen MR) is 44.4 cm³/mol. The third-order valence-corrected chi connectivity index (χ3v) is 2.10. The van der Waals surface area contributed by atoms with Crippen LogP contribution in [0.1, 0.15) is 26.7 Å². The van der Waals surface area contributed by atoms with E-state index >= 15 is 0 Å². The molecule has 0 saturated heterocycles. The van der Waals surface area contributed by atoms with Gasteiger partial charge in [0.1, 0.15) is 0 Å². The standard InChI is InChI=1S/C8H16N2/c1-6(8-4-5-8)10-7(2)9-3/h6,8H,4-5H2,1-3H3,(H,9,10). The fourth-order valence-electron chi connectivity index (χ4n) is 1.11. The molecule has 1 fully saturated rings. The summed E-state index contributed by atoms with van der Waals surface area (Å²) in [5, 5.41) is 3.34. The summed E-state index contributed by atoms with van der Waals surface area (Å²) in [6.07, 6.45) is 2.79. The molecule has 1 aliphatic rings. The third-order valence-electron chi connectivity index (χ3n) is 2.10. The van der Waals surface area contributed by atoms with E-state index in [9.17, 15) is 0 Å². The van der Waals surface area contributed by atoms with Gasteiger partial charge in [-0.2, -0.15) is 0 Å². The van der Waals surface area contributed by atoms with Gasteiger partial charge < -0.3 is 5.32 Å². The van der Waals surface area contributed by atoms with Crippen molar-refractivity contribution in [3.63, 3.8) is 0 Å². The monoisotopic (exact) mass is 140 g/mol. The normalized spacial score (nSPS) is 22.5. The molecule has 1 atom stereocenters. The van der Waals surface area contributed by atoms with Gasteiger partial charge in [0, 0.05) is 13.1 Å². The van der Waals surface area contributed by atoms with Gasteiger partial charge >= 0.3 is 0 Å². The summed E-state index contributed by atoms with van der Waals surface area (Å²) in [4.78, 5) is 4.04. The molecule has 1 rings (SSSR count). The van der Waals surface area contributed by atoms with Gasteiger partial charge in [-0.25, -0.2) is 0 Å². The van der Waals surface area contributed by atoms with Crippen LogP contribution in [-0.4, -0.2) is 18.9 Å². The molecule has 0 aromatic rings. The molecule has 2 nitrogen and oxygen atoms in total. The summed E-state index contributed by atoms with van der Waals surface area (Å²) in [5.41, 5.74) is 0. The molecular formula is C8H16N2. The fourth-order valence-corrected chi connectivity index (χ4v) is 1.11.